The number of likely N-dealkylation sites (N-methyl/N-ethyl adjacent to an activating group) is 1. The molecule has 6 heteroatoms. The molecular weight excluding hydrogens is 322 g/mol. The van der Waals surface area contributed by atoms with Crippen molar-refractivity contribution in [2.75, 3.05) is 7.05 Å². The number of hydrogen-bond acceptors (Lipinski definition) is 4. The van der Waals surface area contributed by atoms with Crippen LogP contribution in [0.25, 0.3) is 0 Å². The molecule has 1 amide bonds. The van der Waals surface area contributed by atoms with Gasteiger partial charge >= 0.3 is 12.1 Å². The Morgan fingerprint density at radius 3 is 1.96 bits per heavy atom. The molecule has 0 bridgehead atoms. The van der Waals surface area contributed by atoms with Crippen molar-refractivity contribution >= 4 is 12.1 Å². The summed E-state index contributed by atoms with van der Waals surface area (Å²) in [7, 11) is 1.43. The third kappa shape index (κ3) is 7.45. The van der Waals surface area contributed by atoms with Gasteiger partial charge in [0, 0.05) is 13.5 Å². The molecule has 1 aromatic rings. The van der Waals surface area contributed by atoms with Crippen LogP contribution in [0, 0.1) is 0 Å². The predicted octanol–water partition coefficient (Wildman–Crippen LogP) is 3.73. The van der Waals surface area contributed by atoms with Crippen molar-refractivity contribution in [3.05, 3.63) is 29.8 Å². The van der Waals surface area contributed by atoms with E-state index in [4.69, 9.17) is 9.47 Å². The first-order valence-corrected chi connectivity index (χ1v) is 8.25. The molecule has 0 aromatic heterocycles. The van der Waals surface area contributed by atoms with Gasteiger partial charge < -0.3 is 14.6 Å². The number of rotatable bonds is 5. The number of aliphatic carboxylic acids is 1. The second-order valence-corrected chi connectivity index (χ2v) is 8.01. The standard InChI is InChI=1S/C19H29NO5/c1-18(2,3)24-14-10-8-13(9-11-14)12-15(16(21)22)20(7)17(23)25-19(4,5)6/h8-11,15H,12H2,1-7H3,(H,21,22). The highest BCUT2D eigenvalue weighted by Gasteiger charge is 2.30. The quantitative estimate of drug-likeness (QED) is 0.875. The van der Waals surface area contributed by atoms with Crippen LogP contribution >= 0.6 is 0 Å². The number of carboxylic acids is 1. The van der Waals surface area contributed by atoms with Crippen molar-refractivity contribution in [2.24, 2.45) is 0 Å². The van der Waals surface area contributed by atoms with E-state index in [2.05, 4.69) is 0 Å². The zero-order chi connectivity index (χ0) is 19.4. The highest BCUT2D eigenvalue weighted by atomic mass is 16.6. The lowest BCUT2D eigenvalue weighted by Gasteiger charge is -2.28. The summed E-state index contributed by atoms with van der Waals surface area (Å²) in [4.78, 5) is 24.8. The summed E-state index contributed by atoms with van der Waals surface area (Å²) in [5.74, 6) is -0.369. The van der Waals surface area contributed by atoms with E-state index in [0.717, 1.165) is 10.5 Å². The Hall–Kier alpha value is -2.24. The Morgan fingerprint density at radius 1 is 1.04 bits per heavy atom. The molecule has 1 aromatic carbocycles. The largest absolute Gasteiger partial charge is 0.488 e. The van der Waals surface area contributed by atoms with Crippen LogP contribution in [0.4, 0.5) is 4.79 Å². The maximum Gasteiger partial charge on any atom is 0.410 e. The van der Waals surface area contributed by atoms with Gasteiger partial charge in [-0.15, -0.1) is 0 Å². The zero-order valence-electron chi connectivity index (χ0n) is 16.1. The first-order chi connectivity index (χ1) is 11.3. The highest BCUT2D eigenvalue weighted by Crippen LogP contribution is 2.20. The molecule has 0 aliphatic rings. The van der Waals surface area contributed by atoms with Crippen LogP contribution in [0.5, 0.6) is 5.75 Å². The lowest BCUT2D eigenvalue weighted by atomic mass is 10.0. The van der Waals surface area contributed by atoms with Crippen LogP contribution in [0.2, 0.25) is 0 Å². The van der Waals surface area contributed by atoms with Crippen molar-refractivity contribution in [1.29, 1.82) is 0 Å². The van der Waals surface area contributed by atoms with Gasteiger partial charge in [-0.05, 0) is 59.2 Å². The minimum atomic E-state index is -1.08. The maximum atomic E-state index is 12.1. The maximum absolute atomic E-state index is 12.1. The van der Waals surface area contributed by atoms with Gasteiger partial charge in [0.1, 0.15) is 23.0 Å². The first kappa shape index (κ1) is 20.8. The van der Waals surface area contributed by atoms with Gasteiger partial charge in [0.15, 0.2) is 0 Å². The van der Waals surface area contributed by atoms with Crippen molar-refractivity contribution in [1.82, 2.24) is 4.90 Å². The summed E-state index contributed by atoms with van der Waals surface area (Å²) in [5.41, 5.74) is -0.188. The third-order valence-corrected chi connectivity index (χ3v) is 3.21. The fraction of sp³-hybridized carbons (Fsp3) is 0.579. The zero-order valence-corrected chi connectivity index (χ0v) is 16.1. The fourth-order valence-corrected chi connectivity index (χ4v) is 2.12. The molecule has 0 aliphatic carbocycles. The number of amides is 1. The van der Waals surface area contributed by atoms with Gasteiger partial charge in [-0.2, -0.15) is 0 Å². The molecule has 140 valence electrons. The van der Waals surface area contributed by atoms with Gasteiger partial charge in [-0.25, -0.2) is 9.59 Å². The molecular formula is C19H29NO5. The number of benzene rings is 1. The molecule has 0 saturated carbocycles. The normalized spacial score (nSPS) is 13.1. The van der Waals surface area contributed by atoms with Crippen LogP contribution in [0.15, 0.2) is 24.3 Å². The van der Waals surface area contributed by atoms with Crippen LogP contribution in [0.1, 0.15) is 47.1 Å². The predicted molar refractivity (Wildman–Crippen MR) is 95.9 cm³/mol. The average molecular weight is 351 g/mol. The first-order valence-electron chi connectivity index (χ1n) is 8.25. The molecule has 1 unspecified atom stereocenters. The second kappa shape index (κ2) is 7.76. The smallest absolute Gasteiger partial charge is 0.410 e. The van der Waals surface area contributed by atoms with Crippen molar-refractivity contribution < 1.29 is 24.2 Å². The Bertz CT molecular complexity index is 596. The van der Waals surface area contributed by atoms with E-state index in [1.807, 2.05) is 20.8 Å². The molecule has 6 nitrogen and oxygen atoms in total. The minimum Gasteiger partial charge on any atom is -0.488 e. The SMILES string of the molecule is CN(C(=O)OC(C)(C)C)C(Cc1ccc(OC(C)(C)C)cc1)C(=O)O. The molecule has 1 rings (SSSR count). The summed E-state index contributed by atoms with van der Waals surface area (Å²) in [6.07, 6.45) is -0.478. The summed E-state index contributed by atoms with van der Waals surface area (Å²) < 4.78 is 11.0. The lowest BCUT2D eigenvalue weighted by Crippen LogP contribution is -2.46. The van der Waals surface area contributed by atoms with Crippen LogP contribution in [-0.2, 0) is 16.0 Å². The van der Waals surface area contributed by atoms with E-state index >= 15 is 0 Å². The van der Waals surface area contributed by atoms with Gasteiger partial charge in [0.2, 0.25) is 0 Å². The summed E-state index contributed by atoms with van der Waals surface area (Å²) >= 11 is 0. The molecule has 0 heterocycles. The van der Waals surface area contributed by atoms with E-state index < -0.39 is 23.7 Å². The number of nitrogens with zero attached hydrogens (tertiary/aromatic N) is 1. The average Bonchev–Trinajstić information content (AvgIpc) is 2.42. The van der Waals surface area contributed by atoms with E-state index in [9.17, 15) is 14.7 Å². The van der Waals surface area contributed by atoms with Gasteiger partial charge in [0.05, 0.1) is 0 Å². The van der Waals surface area contributed by atoms with Gasteiger partial charge in [-0.3, -0.25) is 4.90 Å². The van der Waals surface area contributed by atoms with E-state index in [1.165, 1.54) is 7.05 Å². The van der Waals surface area contributed by atoms with E-state index in [-0.39, 0.29) is 12.0 Å². The molecule has 25 heavy (non-hydrogen) atoms. The summed E-state index contributed by atoms with van der Waals surface area (Å²) in [6, 6.07) is 6.20. The topological polar surface area (TPSA) is 76.1 Å². The number of carbonyl (C=O) groups is 2. The summed E-state index contributed by atoms with van der Waals surface area (Å²) in [6.45, 7) is 11.1. The molecule has 0 spiro atoms. The fourth-order valence-electron chi connectivity index (χ4n) is 2.12. The van der Waals surface area contributed by atoms with E-state index in [1.54, 1.807) is 45.0 Å². The lowest BCUT2D eigenvalue weighted by molar-refractivity contribution is -0.142. The van der Waals surface area contributed by atoms with Crippen LogP contribution in [-0.4, -0.2) is 46.4 Å². The molecule has 0 radical (unpaired) electrons. The monoisotopic (exact) mass is 351 g/mol. The number of carbonyl (C=O) groups excluding carboxylic acids is 1. The summed E-state index contributed by atoms with van der Waals surface area (Å²) in [5, 5.41) is 9.49. The molecule has 1 N–H and O–H groups in total. The third-order valence-electron chi connectivity index (χ3n) is 3.21. The Labute approximate surface area is 149 Å². The van der Waals surface area contributed by atoms with Crippen molar-refractivity contribution in [3.63, 3.8) is 0 Å². The Balaban J connectivity index is 2.84. The Kier molecular flexibility index (Phi) is 6.46. The highest BCUT2D eigenvalue weighted by molar-refractivity contribution is 5.80. The number of hydrogen-bond donors (Lipinski definition) is 1. The second-order valence-electron chi connectivity index (χ2n) is 8.01. The molecule has 1 atom stereocenters. The van der Waals surface area contributed by atoms with Crippen molar-refractivity contribution in [3.8, 4) is 5.75 Å². The van der Waals surface area contributed by atoms with E-state index in [0.29, 0.717) is 5.75 Å². The van der Waals surface area contributed by atoms with Crippen LogP contribution in [0.3, 0.4) is 0 Å². The molecule has 0 saturated heterocycles. The van der Waals surface area contributed by atoms with Crippen molar-refractivity contribution in [2.45, 2.75) is 65.2 Å². The molecule has 0 fully saturated rings. The van der Waals surface area contributed by atoms with Crippen LogP contribution < -0.4 is 4.74 Å². The Morgan fingerprint density at radius 2 is 1.56 bits per heavy atom. The minimum absolute atomic E-state index is 0.181. The van der Waals surface area contributed by atoms with Gasteiger partial charge in [-0.1, -0.05) is 12.1 Å². The number of carboxylic acid groups (broad SMARTS) is 1. The van der Waals surface area contributed by atoms with Gasteiger partial charge in [0.25, 0.3) is 0 Å². The number of ether oxygens (including phenoxy) is 2. The molecule has 0 aliphatic heterocycles.